The first kappa shape index (κ1) is 17.8. The van der Waals surface area contributed by atoms with Gasteiger partial charge in [-0.15, -0.1) is 0 Å². The predicted octanol–water partition coefficient (Wildman–Crippen LogP) is 6.86. The van der Waals surface area contributed by atoms with Gasteiger partial charge in [0.15, 0.2) is 0 Å². The molecule has 0 amide bonds. The van der Waals surface area contributed by atoms with Gasteiger partial charge in [0.2, 0.25) is 0 Å². The molecule has 1 aliphatic carbocycles. The lowest BCUT2D eigenvalue weighted by Crippen LogP contribution is -1.94. The molecule has 2 aromatic rings. The van der Waals surface area contributed by atoms with Crippen molar-refractivity contribution in [3.63, 3.8) is 0 Å². The number of hydrogen-bond donors (Lipinski definition) is 1. The highest BCUT2D eigenvalue weighted by atomic mass is 14.9. The van der Waals surface area contributed by atoms with Crippen LogP contribution >= 0.6 is 0 Å². The minimum atomic E-state index is 0. The second kappa shape index (κ2) is 8.93. The normalized spacial score (nSPS) is 16.6. The molecule has 1 heteroatoms. The molecule has 0 unspecified atom stereocenters. The molecule has 0 atom stereocenters. The minimum Gasteiger partial charge on any atom is -0.359 e. The Kier molecular flexibility index (Phi) is 6.62. The van der Waals surface area contributed by atoms with E-state index in [4.69, 9.17) is 0 Å². The number of hydrogen-bond acceptors (Lipinski definition) is 1. The molecular formula is C23H29N. The number of rotatable bonds is 3. The summed E-state index contributed by atoms with van der Waals surface area (Å²) < 4.78 is 0. The maximum absolute atomic E-state index is 3.42. The van der Waals surface area contributed by atoms with Gasteiger partial charge in [-0.05, 0) is 60.8 Å². The Labute approximate surface area is 147 Å². The third-order valence-corrected chi connectivity index (χ3v) is 4.00. The van der Waals surface area contributed by atoms with E-state index in [-0.39, 0.29) is 1.43 Å². The van der Waals surface area contributed by atoms with Crippen LogP contribution in [0.25, 0.3) is 5.57 Å². The predicted molar refractivity (Wildman–Crippen MR) is 109 cm³/mol. The third-order valence-electron chi connectivity index (χ3n) is 4.00. The van der Waals surface area contributed by atoms with Crippen molar-refractivity contribution in [2.24, 2.45) is 0 Å². The van der Waals surface area contributed by atoms with Crippen LogP contribution in [0.3, 0.4) is 0 Å². The summed E-state index contributed by atoms with van der Waals surface area (Å²) >= 11 is 0. The summed E-state index contributed by atoms with van der Waals surface area (Å²) in [5, 5.41) is 3.42. The van der Waals surface area contributed by atoms with Crippen LogP contribution in [0.1, 0.15) is 40.2 Å². The van der Waals surface area contributed by atoms with Gasteiger partial charge in [0, 0.05) is 12.8 Å². The quantitative estimate of drug-likeness (QED) is 0.651. The van der Waals surface area contributed by atoms with Gasteiger partial charge in [0.05, 0.1) is 0 Å². The van der Waals surface area contributed by atoms with Crippen molar-refractivity contribution >= 4 is 11.3 Å². The Balaban J connectivity index is 0.00000101. The summed E-state index contributed by atoms with van der Waals surface area (Å²) in [5.41, 5.74) is 7.78. The molecule has 126 valence electrons. The van der Waals surface area contributed by atoms with E-state index < -0.39 is 0 Å². The van der Waals surface area contributed by atoms with Gasteiger partial charge < -0.3 is 5.32 Å². The first-order valence-corrected chi connectivity index (χ1v) is 8.72. The zero-order valence-corrected chi connectivity index (χ0v) is 15.1. The second-order valence-electron chi connectivity index (χ2n) is 5.57. The Morgan fingerprint density at radius 2 is 1.67 bits per heavy atom. The summed E-state index contributed by atoms with van der Waals surface area (Å²) in [6, 6.07) is 18.9. The Hall–Kier alpha value is -2.54. The molecule has 0 saturated carbocycles. The standard InChI is InChI=1S/C21H21N.C2H6.H2/c1-3-17-15-18-9-7-8-12-20(18)21(17)14-13-16(2)22-19-10-5-4-6-11-19;1-2;/h3-14,22H,15H2,1-2H3;1-2H3;1H/b16-13+,17-3-,21-14+;;. The van der Waals surface area contributed by atoms with E-state index in [0.29, 0.717) is 0 Å². The molecule has 2 aromatic carbocycles. The Morgan fingerprint density at radius 1 is 1.00 bits per heavy atom. The molecule has 1 nitrogen and oxygen atoms in total. The van der Waals surface area contributed by atoms with E-state index in [1.54, 1.807) is 0 Å². The first-order valence-electron chi connectivity index (χ1n) is 8.72. The van der Waals surface area contributed by atoms with Crippen molar-refractivity contribution in [2.45, 2.75) is 34.1 Å². The highest BCUT2D eigenvalue weighted by Crippen LogP contribution is 2.36. The molecule has 0 aliphatic heterocycles. The molecule has 0 heterocycles. The van der Waals surface area contributed by atoms with Crippen molar-refractivity contribution in [3.8, 4) is 0 Å². The highest BCUT2D eigenvalue weighted by molar-refractivity contribution is 5.86. The van der Waals surface area contributed by atoms with Crippen LogP contribution in [-0.2, 0) is 6.42 Å². The van der Waals surface area contributed by atoms with E-state index in [1.165, 1.54) is 22.3 Å². The summed E-state index contributed by atoms with van der Waals surface area (Å²) in [4.78, 5) is 0. The molecule has 0 fully saturated rings. The molecule has 0 aromatic heterocycles. The van der Waals surface area contributed by atoms with Crippen LogP contribution in [-0.4, -0.2) is 0 Å². The number of fused-ring (bicyclic) bond motifs is 1. The van der Waals surface area contributed by atoms with Gasteiger partial charge in [0.1, 0.15) is 0 Å². The molecule has 0 saturated heterocycles. The van der Waals surface area contributed by atoms with Crippen LogP contribution in [0.2, 0.25) is 0 Å². The van der Waals surface area contributed by atoms with E-state index in [0.717, 1.165) is 17.8 Å². The lowest BCUT2D eigenvalue weighted by Gasteiger charge is -2.06. The smallest absolute Gasteiger partial charge is 0.0381 e. The van der Waals surface area contributed by atoms with Crippen molar-refractivity contribution in [1.82, 2.24) is 0 Å². The fourth-order valence-electron chi connectivity index (χ4n) is 2.86. The van der Waals surface area contributed by atoms with Gasteiger partial charge in [-0.2, -0.15) is 0 Å². The molecule has 0 spiro atoms. The van der Waals surface area contributed by atoms with Gasteiger partial charge in [-0.3, -0.25) is 0 Å². The zero-order valence-electron chi connectivity index (χ0n) is 15.1. The third kappa shape index (κ3) is 4.26. The maximum atomic E-state index is 3.42. The molecular weight excluding hydrogens is 290 g/mol. The topological polar surface area (TPSA) is 12.0 Å². The maximum Gasteiger partial charge on any atom is 0.0381 e. The summed E-state index contributed by atoms with van der Waals surface area (Å²) in [7, 11) is 0. The van der Waals surface area contributed by atoms with Gasteiger partial charge >= 0.3 is 0 Å². The lowest BCUT2D eigenvalue weighted by molar-refractivity contribution is 1.26. The summed E-state index contributed by atoms with van der Waals surface area (Å²) in [5.74, 6) is 0. The first-order chi connectivity index (χ1) is 11.8. The van der Waals surface area contributed by atoms with Crippen LogP contribution in [0.4, 0.5) is 5.69 Å². The lowest BCUT2D eigenvalue weighted by atomic mass is 10.0. The minimum absolute atomic E-state index is 0. The highest BCUT2D eigenvalue weighted by Gasteiger charge is 2.18. The van der Waals surface area contributed by atoms with E-state index in [2.05, 4.69) is 73.8 Å². The van der Waals surface area contributed by atoms with Crippen LogP contribution in [0.15, 0.2) is 84.1 Å². The molecule has 3 rings (SSSR count). The average molecular weight is 319 g/mol. The average Bonchev–Trinajstić information content (AvgIpc) is 3.00. The number of anilines is 1. The van der Waals surface area contributed by atoms with Crippen molar-refractivity contribution in [2.75, 3.05) is 5.32 Å². The number of benzene rings is 2. The molecule has 0 radical (unpaired) electrons. The van der Waals surface area contributed by atoms with Gasteiger partial charge in [0.25, 0.3) is 0 Å². The summed E-state index contributed by atoms with van der Waals surface area (Å²) in [6.45, 7) is 8.22. The number of allylic oxidation sites excluding steroid dienone is 6. The van der Waals surface area contributed by atoms with Crippen molar-refractivity contribution < 1.29 is 1.43 Å². The Morgan fingerprint density at radius 3 is 2.38 bits per heavy atom. The fourth-order valence-corrected chi connectivity index (χ4v) is 2.86. The van der Waals surface area contributed by atoms with Crippen molar-refractivity contribution in [3.05, 3.63) is 95.2 Å². The monoisotopic (exact) mass is 319 g/mol. The van der Waals surface area contributed by atoms with Crippen molar-refractivity contribution in [1.29, 1.82) is 0 Å². The SMILES string of the molecule is C/C=C1/Cc2ccccc2/C1=C/C=C(\C)Nc1ccccc1.CC.[HH]. The van der Waals surface area contributed by atoms with E-state index in [1.807, 2.05) is 32.0 Å². The molecule has 0 bridgehead atoms. The van der Waals surface area contributed by atoms with Crippen LogP contribution in [0, 0.1) is 0 Å². The fraction of sp³-hybridized carbons (Fsp3) is 0.217. The summed E-state index contributed by atoms with van der Waals surface area (Å²) in [6.07, 6.45) is 7.65. The number of nitrogens with one attached hydrogen (secondary N) is 1. The van der Waals surface area contributed by atoms with E-state index >= 15 is 0 Å². The molecule has 1 N–H and O–H groups in total. The largest absolute Gasteiger partial charge is 0.359 e. The molecule has 1 aliphatic rings. The van der Waals surface area contributed by atoms with E-state index in [9.17, 15) is 0 Å². The second-order valence-corrected chi connectivity index (χ2v) is 5.57. The van der Waals surface area contributed by atoms with Gasteiger partial charge in [-0.1, -0.05) is 68.5 Å². The Bertz CT molecular complexity index is 755. The van der Waals surface area contributed by atoms with Gasteiger partial charge in [-0.25, -0.2) is 0 Å². The van der Waals surface area contributed by atoms with Crippen LogP contribution in [0.5, 0.6) is 0 Å². The number of para-hydroxylation sites is 1. The van der Waals surface area contributed by atoms with Crippen LogP contribution < -0.4 is 5.32 Å². The molecule has 24 heavy (non-hydrogen) atoms. The zero-order chi connectivity index (χ0) is 17.4.